The molecular weight excluding hydrogens is 248 g/mol. The highest BCUT2D eigenvalue weighted by atomic mass is 16.5. The van der Waals surface area contributed by atoms with Crippen LogP contribution in [0.15, 0.2) is 30.9 Å². The summed E-state index contributed by atoms with van der Waals surface area (Å²) in [6.45, 7) is 8.81. The van der Waals surface area contributed by atoms with Gasteiger partial charge in [-0.25, -0.2) is 0 Å². The van der Waals surface area contributed by atoms with E-state index in [4.69, 9.17) is 4.74 Å². The van der Waals surface area contributed by atoms with Gasteiger partial charge in [-0.3, -0.25) is 0 Å². The maximum atomic E-state index is 5.76. The van der Waals surface area contributed by atoms with Crippen molar-refractivity contribution in [1.82, 2.24) is 5.32 Å². The van der Waals surface area contributed by atoms with E-state index in [0.29, 0.717) is 0 Å². The normalized spacial score (nSPS) is 22.0. The Balaban J connectivity index is 1.76. The molecule has 0 bridgehead atoms. The predicted molar refractivity (Wildman–Crippen MR) is 83.6 cm³/mol. The monoisotopic (exact) mass is 272 g/mol. The first-order chi connectivity index (χ1) is 9.86. The van der Waals surface area contributed by atoms with Gasteiger partial charge < -0.3 is 15.0 Å². The fraction of sp³-hybridized carbons (Fsp3) is 0.529. The van der Waals surface area contributed by atoms with Gasteiger partial charge in [-0.2, -0.15) is 0 Å². The van der Waals surface area contributed by atoms with Crippen LogP contribution >= 0.6 is 0 Å². The topological polar surface area (TPSA) is 24.5 Å². The molecule has 108 valence electrons. The van der Waals surface area contributed by atoms with Crippen LogP contribution in [0.3, 0.4) is 0 Å². The SMILES string of the molecule is C=CCN1CCOc2ccc(CC3CCCNC3)cc21. The first kappa shape index (κ1) is 13.5. The second-order valence-electron chi connectivity index (χ2n) is 5.80. The highest BCUT2D eigenvalue weighted by molar-refractivity contribution is 5.61. The molecule has 1 aromatic carbocycles. The molecule has 2 aliphatic heterocycles. The molecule has 3 nitrogen and oxygen atoms in total. The third-order valence-corrected chi connectivity index (χ3v) is 4.26. The van der Waals surface area contributed by atoms with Crippen LogP contribution in [0.1, 0.15) is 18.4 Å². The molecule has 3 heteroatoms. The maximum Gasteiger partial charge on any atom is 0.142 e. The summed E-state index contributed by atoms with van der Waals surface area (Å²) >= 11 is 0. The standard InChI is InChI=1S/C17H24N2O/c1-2-8-19-9-10-20-17-6-5-14(12-16(17)19)11-15-4-3-7-18-13-15/h2,5-6,12,15,18H,1,3-4,7-11,13H2. The predicted octanol–water partition coefficient (Wildman–Crippen LogP) is 2.61. The lowest BCUT2D eigenvalue weighted by Gasteiger charge is -2.31. The Labute approximate surface area is 121 Å². The Morgan fingerprint density at radius 1 is 1.45 bits per heavy atom. The lowest BCUT2D eigenvalue weighted by molar-refractivity contribution is 0.309. The van der Waals surface area contributed by atoms with E-state index in [0.717, 1.165) is 37.9 Å². The Bertz CT molecular complexity index is 466. The molecule has 20 heavy (non-hydrogen) atoms. The molecule has 1 saturated heterocycles. The van der Waals surface area contributed by atoms with Crippen molar-refractivity contribution in [3.8, 4) is 5.75 Å². The van der Waals surface area contributed by atoms with Crippen LogP contribution in [0, 0.1) is 5.92 Å². The van der Waals surface area contributed by atoms with Gasteiger partial charge >= 0.3 is 0 Å². The number of nitrogens with zero attached hydrogens (tertiary/aromatic N) is 1. The number of ether oxygens (including phenoxy) is 1. The van der Waals surface area contributed by atoms with E-state index in [1.54, 1.807) is 0 Å². The van der Waals surface area contributed by atoms with Gasteiger partial charge in [0.05, 0.1) is 12.2 Å². The average molecular weight is 272 g/mol. The van der Waals surface area contributed by atoms with Gasteiger partial charge in [0.2, 0.25) is 0 Å². The van der Waals surface area contributed by atoms with Gasteiger partial charge in [-0.05, 0) is 56.0 Å². The minimum atomic E-state index is 0.771. The highest BCUT2D eigenvalue weighted by Gasteiger charge is 2.19. The fourth-order valence-corrected chi connectivity index (χ4v) is 3.22. The molecule has 0 spiro atoms. The average Bonchev–Trinajstić information content (AvgIpc) is 2.49. The van der Waals surface area contributed by atoms with E-state index in [1.165, 1.54) is 37.1 Å². The first-order valence-electron chi connectivity index (χ1n) is 7.69. The summed E-state index contributed by atoms with van der Waals surface area (Å²) in [5.41, 5.74) is 2.66. The molecule has 3 rings (SSSR count). The third-order valence-electron chi connectivity index (χ3n) is 4.26. The lowest BCUT2D eigenvalue weighted by Crippen LogP contribution is -2.33. The van der Waals surface area contributed by atoms with E-state index < -0.39 is 0 Å². The summed E-state index contributed by atoms with van der Waals surface area (Å²) in [4.78, 5) is 2.36. The van der Waals surface area contributed by atoms with Crippen LogP contribution in [0.4, 0.5) is 5.69 Å². The fourth-order valence-electron chi connectivity index (χ4n) is 3.22. The van der Waals surface area contributed by atoms with Crippen molar-refractivity contribution in [1.29, 1.82) is 0 Å². The van der Waals surface area contributed by atoms with Gasteiger partial charge in [-0.1, -0.05) is 12.1 Å². The molecule has 0 aliphatic carbocycles. The molecule has 1 N–H and O–H groups in total. The minimum absolute atomic E-state index is 0.771. The van der Waals surface area contributed by atoms with E-state index in [1.807, 2.05) is 6.08 Å². The van der Waals surface area contributed by atoms with E-state index >= 15 is 0 Å². The zero-order chi connectivity index (χ0) is 13.8. The number of piperidine rings is 1. The number of nitrogens with one attached hydrogen (secondary N) is 1. The summed E-state index contributed by atoms with van der Waals surface area (Å²) in [7, 11) is 0. The Morgan fingerprint density at radius 3 is 3.20 bits per heavy atom. The zero-order valence-corrected chi connectivity index (χ0v) is 12.1. The Hall–Kier alpha value is -1.48. The van der Waals surface area contributed by atoms with Crippen molar-refractivity contribution in [3.63, 3.8) is 0 Å². The summed E-state index contributed by atoms with van der Waals surface area (Å²) < 4.78 is 5.76. The number of rotatable bonds is 4. The molecular formula is C17H24N2O. The van der Waals surface area contributed by atoms with E-state index in [-0.39, 0.29) is 0 Å². The highest BCUT2D eigenvalue weighted by Crippen LogP contribution is 2.33. The molecule has 0 amide bonds. The number of anilines is 1. The van der Waals surface area contributed by atoms with Crippen LogP contribution in [0.25, 0.3) is 0 Å². The summed E-state index contributed by atoms with van der Waals surface area (Å²) in [6, 6.07) is 6.67. The van der Waals surface area contributed by atoms with Gasteiger partial charge in [0.25, 0.3) is 0 Å². The molecule has 2 heterocycles. The van der Waals surface area contributed by atoms with Crippen molar-refractivity contribution in [2.45, 2.75) is 19.3 Å². The third kappa shape index (κ3) is 2.98. The molecule has 1 unspecified atom stereocenters. The lowest BCUT2D eigenvalue weighted by atomic mass is 9.92. The smallest absolute Gasteiger partial charge is 0.142 e. The number of hydrogen-bond donors (Lipinski definition) is 1. The molecule has 0 aromatic heterocycles. The Morgan fingerprint density at radius 2 is 2.40 bits per heavy atom. The van der Waals surface area contributed by atoms with Crippen LogP contribution in [-0.4, -0.2) is 32.8 Å². The number of fused-ring (bicyclic) bond motifs is 1. The molecule has 1 atom stereocenters. The molecule has 1 aromatic rings. The Kier molecular flexibility index (Phi) is 4.26. The van der Waals surface area contributed by atoms with Crippen molar-refractivity contribution in [2.24, 2.45) is 5.92 Å². The van der Waals surface area contributed by atoms with Crippen LogP contribution in [0.2, 0.25) is 0 Å². The summed E-state index contributed by atoms with van der Waals surface area (Å²) in [6.07, 6.45) is 5.79. The van der Waals surface area contributed by atoms with Crippen LogP contribution in [-0.2, 0) is 6.42 Å². The van der Waals surface area contributed by atoms with Gasteiger partial charge in [0.1, 0.15) is 12.4 Å². The quantitative estimate of drug-likeness (QED) is 0.853. The van der Waals surface area contributed by atoms with Gasteiger partial charge in [-0.15, -0.1) is 6.58 Å². The van der Waals surface area contributed by atoms with Crippen LogP contribution in [0.5, 0.6) is 5.75 Å². The van der Waals surface area contributed by atoms with Gasteiger partial charge in [0, 0.05) is 6.54 Å². The zero-order valence-electron chi connectivity index (χ0n) is 12.1. The summed E-state index contributed by atoms with van der Waals surface area (Å²) in [5.74, 6) is 1.79. The molecule has 0 saturated carbocycles. The van der Waals surface area contributed by atoms with E-state index in [9.17, 15) is 0 Å². The largest absolute Gasteiger partial charge is 0.490 e. The van der Waals surface area contributed by atoms with Crippen LogP contribution < -0.4 is 15.0 Å². The minimum Gasteiger partial charge on any atom is -0.490 e. The second-order valence-corrected chi connectivity index (χ2v) is 5.80. The van der Waals surface area contributed by atoms with Crippen molar-refractivity contribution in [2.75, 3.05) is 37.7 Å². The van der Waals surface area contributed by atoms with E-state index in [2.05, 4.69) is 35.0 Å². The second kappa shape index (κ2) is 6.31. The van der Waals surface area contributed by atoms with Crippen molar-refractivity contribution in [3.05, 3.63) is 36.4 Å². The van der Waals surface area contributed by atoms with Gasteiger partial charge in [0.15, 0.2) is 0 Å². The molecule has 0 radical (unpaired) electrons. The maximum absolute atomic E-state index is 5.76. The first-order valence-corrected chi connectivity index (χ1v) is 7.69. The van der Waals surface area contributed by atoms with Crippen molar-refractivity contribution < 1.29 is 4.74 Å². The molecule has 1 fully saturated rings. The number of benzene rings is 1. The van der Waals surface area contributed by atoms with Crippen molar-refractivity contribution >= 4 is 5.69 Å². The molecule has 2 aliphatic rings. The number of hydrogen-bond acceptors (Lipinski definition) is 3. The summed E-state index contributed by atoms with van der Waals surface area (Å²) in [5, 5.41) is 3.50.